The van der Waals surface area contributed by atoms with Gasteiger partial charge in [-0.1, -0.05) is 30.3 Å². The fourth-order valence-corrected chi connectivity index (χ4v) is 2.26. The Labute approximate surface area is 142 Å². The van der Waals surface area contributed by atoms with Crippen LogP contribution >= 0.6 is 0 Å². The van der Waals surface area contributed by atoms with E-state index in [-0.39, 0.29) is 12.6 Å². The molecule has 2 rings (SSSR count). The lowest BCUT2D eigenvalue weighted by atomic mass is 10.1. The number of nitrogens with one attached hydrogen (secondary N) is 1. The summed E-state index contributed by atoms with van der Waals surface area (Å²) in [5, 5.41) is 12.6. The summed E-state index contributed by atoms with van der Waals surface area (Å²) in [6, 6.07) is 16.9. The quantitative estimate of drug-likeness (QED) is 0.854. The van der Waals surface area contributed by atoms with Crippen LogP contribution in [0, 0.1) is 0 Å². The molecule has 0 fully saturated rings. The van der Waals surface area contributed by atoms with Crippen molar-refractivity contribution >= 4 is 6.03 Å². The van der Waals surface area contributed by atoms with Crippen molar-refractivity contribution in [2.75, 3.05) is 13.6 Å². The van der Waals surface area contributed by atoms with Crippen molar-refractivity contribution in [3.63, 3.8) is 0 Å². The minimum Gasteiger partial charge on any atom is -0.457 e. The van der Waals surface area contributed by atoms with Crippen LogP contribution in [0.3, 0.4) is 0 Å². The van der Waals surface area contributed by atoms with E-state index in [2.05, 4.69) is 5.32 Å². The molecule has 0 radical (unpaired) electrons. The van der Waals surface area contributed by atoms with E-state index < -0.39 is 5.60 Å². The minimum atomic E-state index is -0.914. The van der Waals surface area contributed by atoms with Gasteiger partial charge in [0.05, 0.1) is 12.1 Å². The first-order chi connectivity index (χ1) is 11.3. The third-order valence-corrected chi connectivity index (χ3v) is 3.32. The number of nitrogens with zero attached hydrogens (tertiary/aromatic N) is 1. The lowest BCUT2D eigenvalue weighted by molar-refractivity contribution is 0.0531. The van der Waals surface area contributed by atoms with Gasteiger partial charge in [-0.2, -0.15) is 0 Å². The number of carbonyl (C=O) groups excluding carboxylic acids is 1. The molecule has 0 saturated heterocycles. The van der Waals surface area contributed by atoms with Gasteiger partial charge in [0, 0.05) is 13.6 Å². The van der Waals surface area contributed by atoms with Crippen molar-refractivity contribution in [1.29, 1.82) is 0 Å². The first-order valence-corrected chi connectivity index (χ1v) is 7.87. The molecule has 0 heterocycles. The van der Waals surface area contributed by atoms with Gasteiger partial charge < -0.3 is 20.1 Å². The SMILES string of the molecule is CN(CC(C)(C)O)C(=O)NCc1ccc(Oc2ccccc2)cc1. The highest BCUT2D eigenvalue weighted by molar-refractivity contribution is 5.73. The normalized spacial score (nSPS) is 11.0. The molecule has 0 saturated carbocycles. The molecule has 2 aromatic rings. The van der Waals surface area contributed by atoms with E-state index in [0.29, 0.717) is 6.54 Å². The van der Waals surface area contributed by atoms with E-state index in [1.807, 2.05) is 54.6 Å². The average molecular weight is 328 g/mol. The van der Waals surface area contributed by atoms with Gasteiger partial charge in [0.15, 0.2) is 0 Å². The largest absolute Gasteiger partial charge is 0.457 e. The highest BCUT2D eigenvalue weighted by Crippen LogP contribution is 2.21. The van der Waals surface area contributed by atoms with Gasteiger partial charge in [-0.25, -0.2) is 4.79 Å². The number of carbonyl (C=O) groups is 1. The molecule has 0 bridgehead atoms. The van der Waals surface area contributed by atoms with E-state index in [9.17, 15) is 9.90 Å². The Bertz CT molecular complexity index is 649. The van der Waals surface area contributed by atoms with E-state index in [4.69, 9.17) is 4.74 Å². The van der Waals surface area contributed by atoms with Gasteiger partial charge in [0.25, 0.3) is 0 Å². The summed E-state index contributed by atoms with van der Waals surface area (Å²) in [6.07, 6.45) is 0. The second-order valence-corrected chi connectivity index (χ2v) is 6.39. The number of aliphatic hydroxyl groups is 1. The van der Waals surface area contributed by atoms with Crippen molar-refractivity contribution in [2.45, 2.75) is 26.0 Å². The molecule has 128 valence electrons. The van der Waals surface area contributed by atoms with Crippen molar-refractivity contribution in [1.82, 2.24) is 10.2 Å². The maximum atomic E-state index is 12.0. The molecule has 0 unspecified atom stereocenters. The van der Waals surface area contributed by atoms with Crippen LogP contribution in [-0.4, -0.2) is 35.2 Å². The van der Waals surface area contributed by atoms with Crippen LogP contribution in [-0.2, 0) is 6.54 Å². The lowest BCUT2D eigenvalue weighted by Gasteiger charge is -2.25. The maximum Gasteiger partial charge on any atom is 0.317 e. The molecule has 2 aromatic carbocycles. The Balaban J connectivity index is 1.84. The minimum absolute atomic E-state index is 0.221. The van der Waals surface area contributed by atoms with Gasteiger partial charge in [-0.05, 0) is 43.7 Å². The third-order valence-electron chi connectivity index (χ3n) is 3.32. The molecule has 24 heavy (non-hydrogen) atoms. The molecule has 5 heteroatoms. The van der Waals surface area contributed by atoms with Crippen LogP contribution < -0.4 is 10.1 Å². The van der Waals surface area contributed by atoms with Crippen LogP contribution in [0.4, 0.5) is 4.79 Å². The molecule has 5 nitrogen and oxygen atoms in total. The van der Waals surface area contributed by atoms with Crippen LogP contribution in [0.1, 0.15) is 19.4 Å². The zero-order valence-corrected chi connectivity index (χ0v) is 14.3. The monoisotopic (exact) mass is 328 g/mol. The molecule has 0 aliphatic carbocycles. The number of hydrogen-bond acceptors (Lipinski definition) is 3. The number of rotatable bonds is 6. The van der Waals surface area contributed by atoms with Gasteiger partial charge in [0.2, 0.25) is 0 Å². The molecular formula is C19H24N2O3. The first kappa shape index (κ1) is 17.8. The van der Waals surface area contributed by atoms with E-state index >= 15 is 0 Å². The maximum absolute atomic E-state index is 12.0. The van der Waals surface area contributed by atoms with Crippen LogP contribution in [0.25, 0.3) is 0 Å². The van der Waals surface area contributed by atoms with Crippen molar-refractivity contribution in [2.24, 2.45) is 0 Å². The molecule has 2 N–H and O–H groups in total. The number of hydrogen-bond donors (Lipinski definition) is 2. The van der Waals surface area contributed by atoms with Crippen molar-refractivity contribution in [3.8, 4) is 11.5 Å². The van der Waals surface area contributed by atoms with Crippen LogP contribution in [0.2, 0.25) is 0 Å². The first-order valence-electron chi connectivity index (χ1n) is 7.87. The van der Waals surface area contributed by atoms with Crippen molar-refractivity contribution < 1.29 is 14.6 Å². The number of ether oxygens (including phenoxy) is 1. The number of para-hydroxylation sites is 1. The molecule has 0 spiro atoms. The standard InChI is InChI=1S/C19H24N2O3/c1-19(2,23)14-21(3)18(22)20-13-15-9-11-17(12-10-15)24-16-7-5-4-6-8-16/h4-12,23H,13-14H2,1-3H3,(H,20,22). The molecule has 0 atom stereocenters. The van der Waals surface area contributed by atoms with Crippen LogP contribution in [0.15, 0.2) is 54.6 Å². The smallest absolute Gasteiger partial charge is 0.317 e. The molecule has 0 aromatic heterocycles. The fraction of sp³-hybridized carbons (Fsp3) is 0.316. The number of amides is 2. The summed E-state index contributed by atoms with van der Waals surface area (Å²) in [5.41, 5.74) is 0.0584. The molecule has 0 aliphatic heterocycles. The third kappa shape index (κ3) is 5.93. The fourth-order valence-electron chi connectivity index (χ4n) is 2.26. The number of benzene rings is 2. The predicted octanol–water partition coefficient (Wildman–Crippen LogP) is 3.39. The topological polar surface area (TPSA) is 61.8 Å². The molecule has 2 amide bonds. The summed E-state index contributed by atoms with van der Waals surface area (Å²) in [4.78, 5) is 13.4. The summed E-state index contributed by atoms with van der Waals surface area (Å²) < 4.78 is 5.73. The zero-order chi connectivity index (χ0) is 17.6. The summed E-state index contributed by atoms with van der Waals surface area (Å²) in [7, 11) is 1.66. The lowest BCUT2D eigenvalue weighted by Crippen LogP contribution is -2.44. The van der Waals surface area contributed by atoms with Crippen LogP contribution in [0.5, 0.6) is 11.5 Å². The van der Waals surface area contributed by atoms with Gasteiger partial charge >= 0.3 is 6.03 Å². The van der Waals surface area contributed by atoms with Gasteiger partial charge in [0.1, 0.15) is 11.5 Å². The average Bonchev–Trinajstić information content (AvgIpc) is 2.53. The Morgan fingerprint density at radius 3 is 2.25 bits per heavy atom. The number of urea groups is 1. The van der Waals surface area contributed by atoms with Gasteiger partial charge in [-0.15, -0.1) is 0 Å². The second-order valence-electron chi connectivity index (χ2n) is 6.39. The zero-order valence-electron chi connectivity index (χ0n) is 14.3. The van der Waals surface area contributed by atoms with E-state index in [1.165, 1.54) is 4.90 Å². The highest BCUT2D eigenvalue weighted by Gasteiger charge is 2.18. The Hall–Kier alpha value is -2.53. The summed E-state index contributed by atoms with van der Waals surface area (Å²) >= 11 is 0. The summed E-state index contributed by atoms with van der Waals surface area (Å²) in [5.74, 6) is 1.53. The highest BCUT2D eigenvalue weighted by atomic mass is 16.5. The van der Waals surface area contributed by atoms with Crippen molar-refractivity contribution in [3.05, 3.63) is 60.2 Å². The Morgan fingerprint density at radius 2 is 1.67 bits per heavy atom. The van der Waals surface area contributed by atoms with E-state index in [1.54, 1.807) is 20.9 Å². The Kier molecular flexibility index (Phi) is 5.82. The number of likely N-dealkylation sites (N-methyl/N-ethyl adjacent to an activating group) is 1. The predicted molar refractivity (Wildman–Crippen MR) is 94.1 cm³/mol. The molecule has 0 aliphatic rings. The van der Waals surface area contributed by atoms with Gasteiger partial charge in [-0.3, -0.25) is 0 Å². The molecular weight excluding hydrogens is 304 g/mol. The van der Waals surface area contributed by atoms with E-state index in [0.717, 1.165) is 17.1 Å². The second kappa shape index (κ2) is 7.84. The Morgan fingerprint density at radius 1 is 1.08 bits per heavy atom. The summed E-state index contributed by atoms with van der Waals surface area (Å²) in [6.45, 7) is 4.02.